The van der Waals surface area contributed by atoms with E-state index in [0.717, 1.165) is 42.0 Å². The molecular weight excluding hydrogens is 444 g/mol. The van der Waals surface area contributed by atoms with Crippen LogP contribution in [0.2, 0.25) is 0 Å². The summed E-state index contributed by atoms with van der Waals surface area (Å²) in [6.07, 6.45) is 3.52. The van der Waals surface area contributed by atoms with E-state index < -0.39 is 9.84 Å². The van der Waals surface area contributed by atoms with E-state index in [1.54, 1.807) is 48.0 Å². The Labute approximate surface area is 192 Å². The smallest absolute Gasteiger partial charge is 0.223 e. The minimum atomic E-state index is -3.31. The fraction of sp³-hybridized carbons (Fsp3) is 0.435. The van der Waals surface area contributed by atoms with Crippen molar-refractivity contribution in [2.24, 2.45) is 5.92 Å². The molecule has 7 nitrogen and oxygen atoms in total. The van der Waals surface area contributed by atoms with Crippen LogP contribution >= 0.6 is 11.3 Å². The molecule has 0 radical (unpaired) electrons. The van der Waals surface area contributed by atoms with Gasteiger partial charge in [0.2, 0.25) is 5.91 Å². The van der Waals surface area contributed by atoms with Crippen LogP contribution in [0.1, 0.15) is 29.7 Å². The van der Waals surface area contributed by atoms with Crippen LogP contribution in [0.4, 0.5) is 5.82 Å². The quantitative estimate of drug-likeness (QED) is 0.529. The van der Waals surface area contributed by atoms with Crippen molar-refractivity contribution in [2.75, 3.05) is 30.3 Å². The molecule has 0 atom stereocenters. The number of carbonyl (C=O) groups excluding carboxylic acids is 1. The highest BCUT2D eigenvalue weighted by atomic mass is 32.2. The number of carbonyl (C=O) groups is 1. The highest BCUT2D eigenvalue weighted by Crippen LogP contribution is 2.35. The van der Waals surface area contributed by atoms with Gasteiger partial charge in [-0.3, -0.25) is 4.79 Å². The van der Waals surface area contributed by atoms with Gasteiger partial charge in [-0.25, -0.2) is 18.4 Å². The number of aromatic nitrogens is 2. The molecule has 0 unspecified atom stereocenters. The Balaban J connectivity index is 1.27. The molecule has 0 bridgehead atoms. The molecule has 1 fully saturated rings. The second kappa shape index (κ2) is 9.54. The number of amides is 1. The third kappa shape index (κ3) is 4.78. The topological polar surface area (TPSA) is 92.3 Å². The van der Waals surface area contributed by atoms with E-state index in [1.807, 2.05) is 0 Å². The Hall–Kier alpha value is -2.52. The Morgan fingerprint density at radius 3 is 2.59 bits per heavy atom. The summed E-state index contributed by atoms with van der Waals surface area (Å²) < 4.78 is 24.7. The molecule has 1 aliphatic rings. The Morgan fingerprint density at radius 1 is 1.16 bits per heavy atom. The highest BCUT2D eigenvalue weighted by Gasteiger charge is 2.27. The first-order chi connectivity index (χ1) is 15.4. The molecule has 1 saturated heterocycles. The molecule has 32 heavy (non-hydrogen) atoms. The number of piperidine rings is 1. The van der Waals surface area contributed by atoms with Crippen LogP contribution in [-0.4, -0.2) is 49.7 Å². The molecule has 3 heterocycles. The van der Waals surface area contributed by atoms with Crippen molar-refractivity contribution < 1.29 is 13.2 Å². The summed E-state index contributed by atoms with van der Waals surface area (Å²) in [5.41, 5.74) is 1.23. The van der Waals surface area contributed by atoms with Crippen molar-refractivity contribution in [1.29, 1.82) is 0 Å². The number of anilines is 1. The summed E-state index contributed by atoms with van der Waals surface area (Å²) in [5, 5.41) is 4.05. The highest BCUT2D eigenvalue weighted by molar-refractivity contribution is 7.91. The SMILES string of the molecule is Cc1sc2ncnc(N3CCC(C(=O)NCCCS(=O)(=O)c4ccccc4)CC3)c2c1C. The van der Waals surface area contributed by atoms with Gasteiger partial charge in [0.25, 0.3) is 0 Å². The van der Waals surface area contributed by atoms with Crippen molar-refractivity contribution in [3.63, 3.8) is 0 Å². The Bertz CT molecular complexity index is 1200. The van der Waals surface area contributed by atoms with Gasteiger partial charge in [0.1, 0.15) is 17.0 Å². The third-order valence-electron chi connectivity index (χ3n) is 6.10. The van der Waals surface area contributed by atoms with Gasteiger partial charge in [-0.05, 0) is 50.8 Å². The van der Waals surface area contributed by atoms with Crippen LogP contribution in [0.3, 0.4) is 0 Å². The molecule has 170 valence electrons. The lowest BCUT2D eigenvalue weighted by Crippen LogP contribution is -2.41. The van der Waals surface area contributed by atoms with Gasteiger partial charge in [-0.15, -0.1) is 11.3 Å². The van der Waals surface area contributed by atoms with Gasteiger partial charge in [-0.2, -0.15) is 0 Å². The van der Waals surface area contributed by atoms with Crippen LogP contribution in [-0.2, 0) is 14.6 Å². The van der Waals surface area contributed by atoms with Crippen LogP contribution in [0.15, 0.2) is 41.6 Å². The largest absolute Gasteiger partial charge is 0.356 e. The second-order valence-corrected chi connectivity index (χ2v) is 11.5. The monoisotopic (exact) mass is 472 g/mol. The summed E-state index contributed by atoms with van der Waals surface area (Å²) in [6, 6.07) is 8.43. The minimum absolute atomic E-state index is 0.0113. The number of hydrogen-bond donors (Lipinski definition) is 1. The predicted octanol–water partition coefficient (Wildman–Crippen LogP) is 3.50. The second-order valence-electron chi connectivity index (χ2n) is 8.20. The van der Waals surface area contributed by atoms with Gasteiger partial charge in [0, 0.05) is 30.4 Å². The molecule has 1 aromatic carbocycles. The van der Waals surface area contributed by atoms with Gasteiger partial charge >= 0.3 is 0 Å². The van der Waals surface area contributed by atoms with Gasteiger partial charge in [0.15, 0.2) is 9.84 Å². The zero-order valence-electron chi connectivity index (χ0n) is 18.4. The third-order valence-corrected chi connectivity index (χ3v) is 9.03. The maximum absolute atomic E-state index is 12.6. The maximum atomic E-state index is 12.6. The normalized spacial score (nSPS) is 15.2. The Kier molecular flexibility index (Phi) is 6.76. The van der Waals surface area contributed by atoms with E-state index in [9.17, 15) is 13.2 Å². The summed E-state index contributed by atoms with van der Waals surface area (Å²) in [7, 11) is -3.31. The number of aryl methyl sites for hydroxylation is 2. The van der Waals surface area contributed by atoms with Crippen molar-refractivity contribution in [2.45, 2.75) is 38.0 Å². The summed E-state index contributed by atoms with van der Waals surface area (Å²) in [4.78, 5) is 26.4. The molecule has 0 spiro atoms. The minimum Gasteiger partial charge on any atom is -0.356 e. The van der Waals surface area contributed by atoms with Crippen LogP contribution < -0.4 is 10.2 Å². The lowest BCUT2D eigenvalue weighted by Gasteiger charge is -2.32. The van der Waals surface area contributed by atoms with E-state index in [1.165, 1.54) is 10.4 Å². The number of nitrogens with zero attached hydrogens (tertiary/aromatic N) is 3. The molecule has 1 amide bonds. The van der Waals surface area contributed by atoms with Gasteiger partial charge < -0.3 is 10.2 Å². The average molecular weight is 473 g/mol. The first-order valence-electron chi connectivity index (χ1n) is 10.9. The molecular formula is C23H28N4O3S2. The number of hydrogen-bond acceptors (Lipinski definition) is 7. The summed E-state index contributed by atoms with van der Waals surface area (Å²) in [5.74, 6) is 0.942. The van der Waals surface area contributed by atoms with Crippen molar-refractivity contribution in [3.8, 4) is 0 Å². The van der Waals surface area contributed by atoms with Crippen molar-refractivity contribution in [3.05, 3.63) is 47.1 Å². The molecule has 9 heteroatoms. The molecule has 4 rings (SSSR count). The first-order valence-corrected chi connectivity index (χ1v) is 13.3. The van der Waals surface area contributed by atoms with E-state index in [-0.39, 0.29) is 17.6 Å². The first kappa shape index (κ1) is 22.7. The van der Waals surface area contributed by atoms with Gasteiger partial charge in [-0.1, -0.05) is 18.2 Å². The van der Waals surface area contributed by atoms with Gasteiger partial charge in [0.05, 0.1) is 16.0 Å². The zero-order valence-corrected chi connectivity index (χ0v) is 20.0. The number of sulfone groups is 1. The standard InChI is InChI=1S/C23H28N4O3S2/c1-16-17(2)31-23-20(16)21(25-15-26-23)27-12-9-18(10-13-27)22(28)24-11-6-14-32(29,30)19-7-4-3-5-8-19/h3-5,7-8,15,18H,6,9-14H2,1-2H3,(H,24,28). The summed E-state index contributed by atoms with van der Waals surface area (Å²) in [6.45, 7) is 6.11. The average Bonchev–Trinajstić information content (AvgIpc) is 3.11. The number of benzene rings is 1. The van der Waals surface area contributed by atoms with Crippen molar-refractivity contribution in [1.82, 2.24) is 15.3 Å². The molecule has 1 N–H and O–H groups in total. The van der Waals surface area contributed by atoms with E-state index in [4.69, 9.17) is 0 Å². The number of rotatable bonds is 7. The lowest BCUT2D eigenvalue weighted by molar-refractivity contribution is -0.125. The number of fused-ring (bicyclic) bond motifs is 1. The lowest BCUT2D eigenvalue weighted by atomic mass is 9.95. The fourth-order valence-corrected chi connectivity index (χ4v) is 6.44. The molecule has 0 aliphatic carbocycles. The predicted molar refractivity (Wildman–Crippen MR) is 128 cm³/mol. The molecule has 0 saturated carbocycles. The van der Waals surface area contributed by atoms with Crippen molar-refractivity contribution >= 4 is 43.1 Å². The Morgan fingerprint density at radius 2 is 1.88 bits per heavy atom. The van der Waals surface area contributed by atoms with Crippen LogP contribution in [0.25, 0.3) is 10.2 Å². The van der Waals surface area contributed by atoms with Crippen LogP contribution in [0.5, 0.6) is 0 Å². The van der Waals surface area contributed by atoms with E-state index in [0.29, 0.717) is 17.9 Å². The van der Waals surface area contributed by atoms with E-state index >= 15 is 0 Å². The summed E-state index contributed by atoms with van der Waals surface area (Å²) >= 11 is 1.69. The molecule has 2 aromatic heterocycles. The fourth-order valence-electron chi connectivity index (χ4n) is 4.12. The van der Waals surface area contributed by atoms with Crippen LogP contribution in [0, 0.1) is 19.8 Å². The number of nitrogens with one attached hydrogen (secondary N) is 1. The van der Waals surface area contributed by atoms with E-state index in [2.05, 4.69) is 34.0 Å². The number of thiophene rings is 1. The zero-order chi connectivity index (χ0) is 22.7. The maximum Gasteiger partial charge on any atom is 0.223 e. The molecule has 1 aliphatic heterocycles. The molecule has 3 aromatic rings.